The van der Waals surface area contributed by atoms with Gasteiger partial charge >= 0.3 is 0 Å². The maximum absolute atomic E-state index is 12.9. The molecule has 7 heteroatoms. The van der Waals surface area contributed by atoms with Gasteiger partial charge in [-0.1, -0.05) is 17.3 Å². The first kappa shape index (κ1) is 13.9. The summed E-state index contributed by atoms with van der Waals surface area (Å²) in [5, 5.41) is 13.8. The maximum atomic E-state index is 12.9. The van der Waals surface area contributed by atoms with Crippen molar-refractivity contribution in [2.24, 2.45) is 0 Å². The zero-order valence-electron chi connectivity index (χ0n) is 11.8. The molecule has 0 atom stereocenters. The van der Waals surface area contributed by atoms with E-state index in [1.54, 1.807) is 19.9 Å². The third-order valence-corrected chi connectivity index (χ3v) is 5.72. The first-order valence-electron chi connectivity index (χ1n) is 6.69. The molecule has 0 spiro atoms. The number of sulfonamides is 1. The van der Waals surface area contributed by atoms with Gasteiger partial charge in [0.1, 0.15) is 11.4 Å². The number of phenols is 1. The van der Waals surface area contributed by atoms with E-state index in [0.717, 1.165) is 12.0 Å². The van der Waals surface area contributed by atoms with E-state index in [1.165, 1.54) is 10.4 Å². The number of fused-ring (bicyclic) bond motifs is 1. The highest BCUT2D eigenvalue weighted by Crippen LogP contribution is 2.39. The van der Waals surface area contributed by atoms with Crippen molar-refractivity contribution in [1.82, 2.24) is 5.16 Å². The largest absolute Gasteiger partial charge is 0.506 e. The van der Waals surface area contributed by atoms with Gasteiger partial charge in [-0.3, -0.25) is 4.31 Å². The van der Waals surface area contributed by atoms with Crippen LogP contribution in [0.25, 0.3) is 0 Å². The number of anilines is 1. The highest BCUT2D eigenvalue weighted by Gasteiger charge is 2.35. The third kappa shape index (κ3) is 2.08. The van der Waals surface area contributed by atoms with E-state index in [1.807, 2.05) is 6.07 Å². The Morgan fingerprint density at radius 3 is 2.76 bits per heavy atom. The molecule has 0 unspecified atom stereocenters. The summed E-state index contributed by atoms with van der Waals surface area (Å²) < 4.78 is 32.1. The Balaban J connectivity index is 2.19. The van der Waals surface area contributed by atoms with E-state index in [2.05, 4.69) is 5.16 Å². The molecule has 21 heavy (non-hydrogen) atoms. The smallest absolute Gasteiger partial charge is 0.269 e. The van der Waals surface area contributed by atoms with E-state index in [9.17, 15) is 13.5 Å². The van der Waals surface area contributed by atoms with Crippen molar-refractivity contribution >= 4 is 15.7 Å². The predicted octanol–water partition coefficient (Wildman–Crippen LogP) is 2.14. The number of aryl methyl sites for hydroxylation is 3. The summed E-state index contributed by atoms with van der Waals surface area (Å²) in [6.45, 7) is 3.50. The van der Waals surface area contributed by atoms with Crippen molar-refractivity contribution in [2.75, 3.05) is 10.8 Å². The molecule has 1 aliphatic heterocycles. The zero-order chi connectivity index (χ0) is 15.2. The number of phenolic OH excluding ortho intramolecular Hbond substituents is 1. The van der Waals surface area contributed by atoms with Crippen LogP contribution in [0.3, 0.4) is 0 Å². The Morgan fingerprint density at radius 1 is 1.33 bits per heavy atom. The molecule has 1 N–H and O–H groups in total. The molecular weight excluding hydrogens is 292 g/mol. The van der Waals surface area contributed by atoms with Crippen LogP contribution in [-0.2, 0) is 16.4 Å². The van der Waals surface area contributed by atoms with E-state index in [0.29, 0.717) is 24.3 Å². The molecule has 112 valence electrons. The van der Waals surface area contributed by atoms with Crippen molar-refractivity contribution in [3.63, 3.8) is 0 Å². The van der Waals surface area contributed by atoms with Gasteiger partial charge in [-0.25, -0.2) is 8.42 Å². The topological polar surface area (TPSA) is 83.6 Å². The minimum absolute atomic E-state index is 0.0254. The van der Waals surface area contributed by atoms with E-state index < -0.39 is 10.0 Å². The number of nitrogens with zero attached hydrogens (tertiary/aromatic N) is 2. The molecule has 0 bridgehead atoms. The van der Waals surface area contributed by atoms with Gasteiger partial charge in [-0.2, -0.15) is 0 Å². The summed E-state index contributed by atoms with van der Waals surface area (Å²) in [7, 11) is -3.80. The molecule has 2 aromatic rings. The summed E-state index contributed by atoms with van der Waals surface area (Å²) in [6.07, 6.45) is 1.45. The number of hydrogen-bond acceptors (Lipinski definition) is 5. The molecule has 0 radical (unpaired) electrons. The van der Waals surface area contributed by atoms with E-state index in [4.69, 9.17) is 4.52 Å². The molecule has 0 aliphatic carbocycles. The van der Waals surface area contributed by atoms with Crippen LogP contribution >= 0.6 is 0 Å². The minimum Gasteiger partial charge on any atom is -0.506 e. The normalized spacial score (nSPS) is 15.0. The van der Waals surface area contributed by atoms with Crippen LogP contribution in [0.5, 0.6) is 5.75 Å². The lowest BCUT2D eigenvalue weighted by atomic mass is 10.0. The van der Waals surface area contributed by atoms with Gasteiger partial charge in [0.15, 0.2) is 10.7 Å². The lowest BCUT2D eigenvalue weighted by Gasteiger charge is -2.30. The first-order chi connectivity index (χ1) is 9.93. The Hall–Kier alpha value is -2.02. The molecule has 1 aromatic heterocycles. The second-order valence-corrected chi connectivity index (χ2v) is 6.92. The fourth-order valence-electron chi connectivity index (χ4n) is 2.79. The fourth-order valence-corrected chi connectivity index (χ4v) is 4.64. The number of para-hydroxylation sites is 1. The van der Waals surface area contributed by atoms with Crippen LogP contribution in [0.2, 0.25) is 0 Å². The van der Waals surface area contributed by atoms with Gasteiger partial charge in [-0.15, -0.1) is 0 Å². The SMILES string of the molecule is Cc1noc(C)c1S(=O)(=O)N1CCCc2cccc(O)c21. The average Bonchev–Trinajstić information content (AvgIpc) is 2.78. The monoisotopic (exact) mass is 308 g/mol. The van der Waals surface area contributed by atoms with Gasteiger partial charge < -0.3 is 9.63 Å². The fraction of sp³-hybridized carbons (Fsp3) is 0.357. The van der Waals surface area contributed by atoms with Gasteiger partial charge in [0.2, 0.25) is 0 Å². The molecule has 1 aromatic carbocycles. The average molecular weight is 308 g/mol. The molecule has 1 aliphatic rings. The number of hydrogen-bond donors (Lipinski definition) is 1. The minimum atomic E-state index is -3.80. The summed E-state index contributed by atoms with van der Waals surface area (Å²) in [5.74, 6) is 0.234. The van der Waals surface area contributed by atoms with Gasteiger partial charge in [0, 0.05) is 6.54 Å². The van der Waals surface area contributed by atoms with Crippen LogP contribution in [-0.4, -0.2) is 25.2 Å². The lowest BCUT2D eigenvalue weighted by molar-refractivity contribution is 0.390. The van der Waals surface area contributed by atoms with Gasteiger partial charge in [0.05, 0.1) is 5.69 Å². The summed E-state index contributed by atoms with van der Waals surface area (Å²) in [4.78, 5) is 0.0820. The van der Waals surface area contributed by atoms with Crippen LogP contribution in [0.1, 0.15) is 23.4 Å². The quantitative estimate of drug-likeness (QED) is 0.919. The number of aromatic nitrogens is 1. The predicted molar refractivity (Wildman–Crippen MR) is 76.9 cm³/mol. The molecular formula is C14H16N2O4S. The summed E-state index contributed by atoms with van der Waals surface area (Å²) >= 11 is 0. The van der Waals surface area contributed by atoms with Crippen molar-refractivity contribution in [2.45, 2.75) is 31.6 Å². The van der Waals surface area contributed by atoms with Gasteiger partial charge in [-0.05, 0) is 38.3 Å². The zero-order valence-corrected chi connectivity index (χ0v) is 12.6. The van der Waals surface area contributed by atoms with Crippen molar-refractivity contribution in [3.8, 4) is 5.75 Å². The van der Waals surface area contributed by atoms with Crippen LogP contribution in [0.4, 0.5) is 5.69 Å². The molecule has 0 amide bonds. The Kier molecular flexibility index (Phi) is 3.16. The standard InChI is InChI=1S/C14H16N2O4S/c1-9-14(10(2)20-15-9)21(18,19)16-8-4-6-11-5-3-7-12(17)13(11)16/h3,5,7,17H,4,6,8H2,1-2H3. The molecule has 6 nitrogen and oxygen atoms in total. The Bertz CT molecular complexity index is 776. The van der Waals surface area contributed by atoms with Gasteiger partial charge in [0.25, 0.3) is 10.0 Å². The highest BCUT2D eigenvalue weighted by atomic mass is 32.2. The van der Waals surface area contributed by atoms with Crippen LogP contribution < -0.4 is 4.31 Å². The second-order valence-electron chi connectivity index (χ2n) is 5.12. The molecule has 2 heterocycles. The summed E-state index contributed by atoms with van der Waals surface area (Å²) in [6, 6.07) is 5.06. The molecule has 3 rings (SSSR count). The van der Waals surface area contributed by atoms with Crippen LogP contribution in [0, 0.1) is 13.8 Å². The van der Waals surface area contributed by atoms with Crippen molar-refractivity contribution in [1.29, 1.82) is 0 Å². The van der Waals surface area contributed by atoms with Crippen molar-refractivity contribution < 1.29 is 18.0 Å². The summed E-state index contributed by atoms with van der Waals surface area (Å²) in [5.41, 5.74) is 1.52. The number of aromatic hydroxyl groups is 1. The Labute approximate surface area is 123 Å². The lowest BCUT2D eigenvalue weighted by Crippen LogP contribution is -2.36. The number of benzene rings is 1. The molecule has 0 saturated heterocycles. The third-order valence-electron chi connectivity index (χ3n) is 3.67. The van der Waals surface area contributed by atoms with Crippen molar-refractivity contribution in [3.05, 3.63) is 35.2 Å². The second kappa shape index (κ2) is 4.77. The number of rotatable bonds is 2. The highest BCUT2D eigenvalue weighted by molar-refractivity contribution is 7.93. The maximum Gasteiger partial charge on any atom is 0.269 e. The Morgan fingerprint density at radius 2 is 2.10 bits per heavy atom. The van der Waals surface area contributed by atoms with Crippen LogP contribution in [0.15, 0.2) is 27.6 Å². The molecule has 0 saturated carbocycles. The first-order valence-corrected chi connectivity index (χ1v) is 8.13. The molecule has 0 fully saturated rings. The van der Waals surface area contributed by atoms with E-state index in [-0.39, 0.29) is 16.4 Å². The van der Waals surface area contributed by atoms with E-state index >= 15 is 0 Å².